The molecule has 1 aromatic carbocycles. The molecule has 0 bridgehead atoms. The zero-order chi connectivity index (χ0) is 16.0. The van der Waals surface area contributed by atoms with E-state index in [1.165, 1.54) is 10.8 Å². The first-order valence-electron chi connectivity index (χ1n) is 7.12. The Hall–Kier alpha value is -2.67. The van der Waals surface area contributed by atoms with Gasteiger partial charge in [-0.05, 0) is 35.6 Å². The fraction of sp³-hybridized carbons (Fsp3) is 0.188. The van der Waals surface area contributed by atoms with Crippen molar-refractivity contribution in [2.75, 3.05) is 7.11 Å². The number of hydrogen-bond acceptors (Lipinski definition) is 5. The lowest BCUT2D eigenvalue weighted by Gasteiger charge is -2.09. The minimum atomic E-state index is -0.178. The van der Waals surface area contributed by atoms with Crippen LogP contribution >= 0.6 is 11.3 Å². The first-order valence-corrected chi connectivity index (χ1v) is 8.00. The number of fused-ring (bicyclic) bond motifs is 3. The molecule has 3 aromatic heterocycles. The minimum absolute atomic E-state index is 0.178. The van der Waals surface area contributed by atoms with Crippen LogP contribution in [0.1, 0.15) is 11.1 Å². The maximum atomic E-state index is 12.7. The average molecular weight is 326 g/mol. The molecule has 0 aliphatic rings. The van der Waals surface area contributed by atoms with Crippen molar-refractivity contribution in [3.05, 3.63) is 57.6 Å². The van der Waals surface area contributed by atoms with Crippen molar-refractivity contribution >= 4 is 27.2 Å². The monoisotopic (exact) mass is 326 g/mol. The van der Waals surface area contributed by atoms with Gasteiger partial charge in [0.2, 0.25) is 0 Å². The van der Waals surface area contributed by atoms with E-state index in [2.05, 4.69) is 10.1 Å². The standard InChI is InChI=1S/C16H14N4O2S/c1-10-8-23-15-13(10)14-17-9-18-20(14)16(21)19(15)7-11-3-5-12(22-2)6-4-11/h3-6,8-9H,7H2,1-2H3. The highest BCUT2D eigenvalue weighted by Gasteiger charge is 2.16. The van der Waals surface area contributed by atoms with Crippen LogP contribution in [0, 0.1) is 6.92 Å². The molecule has 0 radical (unpaired) electrons. The van der Waals surface area contributed by atoms with Crippen LogP contribution in [-0.2, 0) is 6.54 Å². The lowest BCUT2D eigenvalue weighted by Crippen LogP contribution is -2.27. The van der Waals surface area contributed by atoms with Crippen molar-refractivity contribution in [3.8, 4) is 5.75 Å². The molecule has 0 unspecified atom stereocenters. The third-order valence-corrected chi connectivity index (χ3v) is 5.00. The van der Waals surface area contributed by atoms with Crippen molar-refractivity contribution in [1.29, 1.82) is 0 Å². The topological polar surface area (TPSA) is 61.4 Å². The van der Waals surface area contributed by atoms with E-state index >= 15 is 0 Å². The molecule has 0 amide bonds. The molecular formula is C16H14N4O2S. The van der Waals surface area contributed by atoms with Crippen LogP contribution in [-0.4, -0.2) is 26.3 Å². The molecule has 0 atom stereocenters. The molecule has 0 fully saturated rings. The number of thiophene rings is 1. The smallest absolute Gasteiger partial charge is 0.352 e. The molecule has 0 aliphatic carbocycles. The Balaban J connectivity index is 1.93. The van der Waals surface area contributed by atoms with Crippen molar-refractivity contribution in [1.82, 2.24) is 19.2 Å². The van der Waals surface area contributed by atoms with Gasteiger partial charge in [0.05, 0.1) is 19.0 Å². The second-order valence-corrected chi connectivity index (χ2v) is 6.17. The molecule has 0 aliphatic heterocycles. The van der Waals surface area contributed by atoms with Gasteiger partial charge in [0, 0.05) is 0 Å². The van der Waals surface area contributed by atoms with E-state index in [-0.39, 0.29) is 5.69 Å². The molecule has 4 aromatic rings. The van der Waals surface area contributed by atoms with E-state index in [0.717, 1.165) is 27.1 Å². The number of nitrogens with zero attached hydrogens (tertiary/aromatic N) is 4. The number of hydrogen-bond donors (Lipinski definition) is 0. The molecular weight excluding hydrogens is 312 g/mol. The second-order valence-electron chi connectivity index (χ2n) is 5.31. The molecule has 0 saturated carbocycles. The number of benzene rings is 1. The maximum Gasteiger partial charge on any atom is 0.352 e. The Morgan fingerprint density at radius 3 is 2.78 bits per heavy atom. The summed E-state index contributed by atoms with van der Waals surface area (Å²) < 4.78 is 8.29. The Morgan fingerprint density at radius 1 is 1.26 bits per heavy atom. The van der Waals surface area contributed by atoms with Crippen LogP contribution in [0.4, 0.5) is 0 Å². The fourth-order valence-corrected chi connectivity index (χ4v) is 3.75. The predicted octanol–water partition coefficient (Wildman–Crippen LogP) is 2.47. The SMILES string of the molecule is COc1ccc(Cn2c(=O)n3ncnc3c3c(C)csc32)cc1. The maximum absolute atomic E-state index is 12.7. The third kappa shape index (κ3) is 2.12. The zero-order valence-corrected chi connectivity index (χ0v) is 13.5. The van der Waals surface area contributed by atoms with Crippen LogP contribution in [0.3, 0.4) is 0 Å². The van der Waals surface area contributed by atoms with Gasteiger partial charge < -0.3 is 4.74 Å². The summed E-state index contributed by atoms with van der Waals surface area (Å²) in [4.78, 5) is 17.9. The molecule has 116 valence electrons. The summed E-state index contributed by atoms with van der Waals surface area (Å²) >= 11 is 1.56. The minimum Gasteiger partial charge on any atom is -0.497 e. The Labute approximate surface area is 135 Å². The quantitative estimate of drug-likeness (QED) is 0.580. The van der Waals surface area contributed by atoms with E-state index in [1.54, 1.807) is 23.0 Å². The normalized spacial score (nSPS) is 11.4. The highest BCUT2D eigenvalue weighted by atomic mass is 32.1. The van der Waals surface area contributed by atoms with Crippen LogP contribution in [0.2, 0.25) is 0 Å². The molecule has 4 rings (SSSR count). The summed E-state index contributed by atoms with van der Waals surface area (Å²) in [6, 6.07) is 7.71. The van der Waals surface area contributed by atoms with Gasteiger partial charge in [0.25, 0.3) is 0 Å². The predicted molar refractivity (Wildman–Crippen MR) is 89.5 cm³/mol. The summed E-state index contributed by atoms with van der Waals surface area (Å²) in [5, 5.41) is 7.11. The molecule has 7 heteroatoms. The highest BCUT2D eigenvalue weighted by Crippen LogP contribution is 2.27. The van der Waals surface area contributed by atoms with Gasteiger partial charge in [0.15, 0.2) is 5.65 Å². The van der Waals surface area contributed by atoms with E-state index < -0.39 is 0 Å². The van der Waals surface area contributed by atoms with Crippen molar-refractivity contribution in [2.45, 2.75) is 13.5 Å². The van der Waals surface area contributed by atoms with Gasteiger partial charge in [-0.2, -0.15) is 9.61 Å². The second kappa shape index (κ2) is 5.20. The molecule has 6 nitrogen and oxygen atoms in total. The lowest BCUT2D eigenvalue weighted by atomic mass is 10.2. The Kier molecular flexibility index (Phi) is 3.16. The van der Waals surface area contributed by atoms with Gasteiger partial charge in [-0.15, -0.1) is 11.3 Å². The molecule has 23 heavy (non-hydrogen) atoms. The first-order chi connectivity index (χ1) is 11.2. The average Bonchev–Trinajstić information content (AvgIpc) is 3.19. The van der Waals surface area contributed by atoms with Crippen molar-refractivity contribution < 1.29 is 4.74 Å². The zero-order valence-electron chi connectivity index (χ0n) is 12.7. The van der Waals surface area contributed by atoms with Gasteiger partial charge >= 0.3 is 5.69 Å². The largest absolute Gasteiger partial charge is 0.497 e. The third-order valence-electron chi connectivity index (χ3n) is 3.88. The molecule has 0 saturated heterocycles. The van der Waals surface area contributed by atoms with E-state index in [9.17, 15) is 4.79 Å². The van der Waals surface area contributed by atoms with Crippen molar-refractivity contribution in [3.63, 3.8) is 0 Å². The summed E-state index contributed by atoms with van der Waals surface area (Å²) in [6.07, 6.45) is 1.42. The summed E-state index contributed by atoms with van der Waals surface area (Å²) in [7, 11) is 1.64. The lowest BCUT2D eigenvalue weighted by molar-refractivity contribution is 0.414. The number of ether oxygens (including phenoxy) is 1. The van der Waals surface area contributed by atoms with Crippen LogP contribution < -0.4 is 10.4 Å². The molecule has 0 N–H and O–H groups in total. The number of aryl methyl sites for hydroxylation is 1. The van der Waals surface area contributed by atoms with Gasteiger partial charge in [-0.1, -0.05) is 12.1 Å². The molecule has 3 heterocycles. The fourth-order valence-electron chi connectivity index (χ4n) is 2.71. The Morgan fingerprint density at radius 2 is 2.04 bits per heavy atom. The number of rotatable bonds is 3. The van der Waals surface area contributed by atoms with Gasteiger partial charge in [-0.3, -0.25) is 4.57 Å². The van der Waals surface area contributed by atoms with Crippen LogP contribution in [0.25, 0.3) is 15.9 Å². The summed E-state index contributed by atoms with van der Waals surface area (Å²) in [5.74, 6) is 0.796. The summed E-state index contributed by atoms with van der Waals surface area (Å²) in [5.41, 5.74) is 2.57. The van der Waals surface area contributed by atoms with Crippen molar-refractivity contribution in [2.24, 2.45) is 0 Å². The molecule has 0 spiro atoms. The number of methoxy groups -OCH3 is 1. The number of aromatic nitrogens is 4. The highest BCUT2D eigenvalue weighted by molar-refractivity contribution is 7.17. The Bertz CT molecular complexity index is 1060. The van der Waals surface area contributed by atoms with Gasteiger partial charge in [-0.25, -0.2) is 9.78 Å². The first kappa shape index (κ1) is 14.0. The van der Waals surface area contributed by atoms with Gasteiger partial charge in [0.1, 0.15) is 16.9 Å². The van der Waals surface area contributed by atoms with E-state index in [0.29, 0.717) is 12.2 Å². The van der Waals surface area contributed by atoms with Crippen LogP contribution in [0.5, 0.6) is 5.75 Å². The van der Waals surface area contributed by atoms with E-state index in [4.69, 9.17) is 4.74 Å². The van der Waals surface area contributed by atoms with Crippen LogP contribution in [0.15, 0.2) is 40.8 Å². The van der Waals surface area contributed by atoms with E-state index in [1.807, 2.05) is 36.6 Å². The summed E-state index contributed by atoms with van der Waals surface area (Å²) in [6.45, 7) is 2.50.